The maximum absolute atomic E-state index is 12.7. The van der Waals surface area contributed by atoms with E-state index in [0.29, 0.717) is 6.07 Å². The van der Waals surface area contributed by atoms with Crippen molar-refractivity contribution in [3.05, 3.63) is 28.8 Å². The molecule has 0 aromatic heterocycles. The fraction of sp³-hybridized carbons (Fsp3) is 0.222. The number of anilines is 1. The highest BCUT2D eigenvalue weighted by Gasteiger charge is 2.35. The van der Waals surface area contributed by atoms with Crippen LogP contribution in [0.4, 0.5) is 18.9 Å². The maximum atomic E-state index is 12.7. The second-order valence-corrected chi connectivity index (χ2v) is 6.14. The van der Waals surface area contributed by atoms with Gasteiger partial charge in [0, 0.05) is 0 Å². The molecule has 0 unspecified atom stereocenters. The Morgan fingerprint density at radius 1 is 1.42 bits per heavy atom. The van der Waals surface area contributed by atoms with Crippen LogP contribution >= 0.6 is 23.8 Å². The van der Waals surface area contributed by atoms with Gasteiger partial charge in [0.1, 0.15) is 5.75 Å². The van der Waals surface area contributed by atoms with Crippen LogP contribution in [0.5, 0.6) is 0 Å². The highest BCUT2D eigenvalue weighted by Crippen LogP contribution is 2.38. The first kappa shape index (κ1) is 16.0. The van der Waals surface area contributed by atoms with Crippen molar-refractivity contribution in [2.45, 2.75) is 6.18 Å². The van der Waals surface area contributed by atoms with Crippen LogP contribution in [0.1, 0.15) is 5.56 Å². The molecular weight excluding hydrogens is 325 g/mol. The van der Waals surface area contributed by atoms with Crippen LogP contribution in [0.15, 0.2) is 18.2 Å². The molecule has 0 fully saturated rings. The Hall–Kier alpha value is -1.06. The van der Waals surface area contributed by atoms with Crippen LogP contribution in [-0.4, -0.2) is 19.2 Å². The second kappa shape index (κ2) is 5.51. The Bertz CT molecular complexity index is 602. The number of thiocarbonyl (C=S) groups is 1. The molecule has 0 saturated carbocycles. The molecular formula is C9H8ClF3N2O2S2. The van der Waals surface area contributed by atoms with Crippen molar-refractivity contribution in [3.8, 4) is 0 Å². The van der Waals surface area contributed by atoms with Crippen LogP contribution in [0.25, 0.3) is 0 Å². The van der Waals surface area contributed by atoms with Crippen molar-refractivity contribution >= 4 is 44.5 Å². The zero-order chi connectivity index (χ0) is 14.8. The lowest BCUT2D eigenvalue weighted by Gasteiger charge is -2.15. The summed E-state index contributed by atoms with van der Waals surface area (Å²) < 4.78 is 63.0. The molecule has 19 heavy (non-hydrogen) atoms. The Morgan fingerprint density at radius 2 is 2.00 bits per heavy atom. The Labute approximate surface area is 117 Å². The SMILES string of the molecule is NC(=S)CS(=O)(=O)Nc1c(Cl)cccc1C(F)(F)F. The number of hydrogen-bond acceptors (Lipinski definition) is 3. The van der Waals surface area contributed by atoms with E-state index in [2.05, 4.69) is 12.2 Å². The zero-order valence-corrected chi connectivity index (χ0v) is 11.6. The van der Waals surface area contributed by atoms with E-state index in [4.69, 9.17) is 17.3 Å². The summed E-state index contributed by atoms with van der Waals surface area (Å²) in [5.74, 6) is -0.773. The van der Waals surface area contributed by atoms with Crippen LogP contribution in [0.3, 0.4) is 0 Å². The number of sulfonamides is 1. The number of halogens is 4. The zero-order valence-electron chi connectivity index (χ0n) is 9.16. The van der Waals surface area contributed by atoms with Crippen molar-refractivity contribution in [2.24, 2.45) is 5.73 Å². The molecule has 0 heterocycles. The number of nitrogens with two attached hydrogens (primary N) is 1. The first-order valence-electron chi connectivity index (χ1n) is 4.67. The van der Waals surface area contributed by atoms with Gasteiger partial charge in [0.05, 0.1) is 21.3 Å². The van der Waals surface area contributed by atoms with Gasteiger partial charge in [-0.05, 0) is 12.1 Å². The van der Waals surface area contributed by atoms with Gasteiger partial charge in [-0.1, -0.05) is 29.9 Å². The molecule has 0 radical (unpaired) electrons. The van der Waals surface area contributed by atoms with Crippen LogP contribution in [0, 0.1) is 0 Å². The van der Waals surface area contributed by atoms with Gasteiger partial charge in [-0.15, -0.1) is 0 Å². The third-order valence-corrected chi connectivity index (χ3v) is 3.76. The molecule has 1 rings (SSSR count). The normalized spacial score (nSPS) is 12.2. The standard InChI is InChI=1S/C9H8ClF3N2O2S2/c10-6-3-1-2-5(9(11,12)13)8(6)15-19(16,17)4-7(14)18/h1-3,15H,4H2,(H2,14,18). The van der Waals surface area contributed by atoms with E-state index < -0.39 is 33.2 Å². The van der Waals surface area contributed by atoms with Crippen molar-refractivity contribution in [1.82, 2.24) is 0 Å². The van der Waals surface area contributed by atoms with E-state index in [1.807, 2.05) is 0 Å². The summed E-state index contributed by atoms with van der Waals surface area (Å²) in [5.41, 5.74) is 3.12. The van der Waals surface area contributed by atoms with Gasteiger partial charge in [-0.25, -0.2) is 8.42 Å². The third kappa shape index (κ3) is 4.51. The lowest BCUT2D eigenvalue weighted by molar-refractivity contribution is -0.136. The summed E-state index contributed by atoms with van der Waals surface area (Å²) in [6.07, 6.45) is -4.74. The predicted octanol–water partition coefficient (Wildman–Crippen LogP) is 2.39. The van der Waals surface area contributed by atoms with E-state index in [1.165, 1.54) is 0 Å². The summed E-state index contributed by atoms with van der Waals surface area (Å²) in [6.45, 7) is 0. The Morgan fingerprint density at radius 3 is 2.47 bits per heavy atom. The lowest BCUT2D eigenvalue weighted by atomic mass is 10.2. The fourth-order valence-electron chi connectivity index (χ4n) is 1.24. The van der Waals surface area contributed by atoms with Crippen LogP contribution in [0.2, 0.25) is 5.02 Å². The minimum Gasteiger partial charge on any atom is -0.392 e. The lowest BCUT2D eigenvalue weighted by Crippen LogP contribution is -2.27. The molecule has 0 bridgehead atoms. The quantitative estimate of drug-likeness (QED) is 0.830. The molecule has 0 spiro atoms. The second-order valence-electron chi connectivity index (χ2n) is 3.49. The molecule has 0 saturated heterocycles. The molecule has 0 aliphatic rings. The molecule has 3 N–H and O–H groups in total. The van der Waals surface area contributed by atoms with Gasteiger partial charge in [-0.3, -0.25) is 4.72 Å². The molecule has 1 aromatic carbocycles. The smallest absolute Gasteiger partial charge is 0.392 e. The van der Waals surface area contributed by atoms with E-state index in [1.54, 1.807) is 4.72 Å². The summed E-state index contributed by atoms with van der Waals surface area (Å²) >= 11 is 9.99. The summed E-state index contributed by atoms with van der Waals surface area (Å²) in [5, 5.41) is -0.374. The highest BCUT2D eigenvalue weighted by molar-refractivity contribution is 7.95. The van der Waals surface area contributed by atoms with Crippen molar-refractivity contribution in [1.29, 1.82) is 0 Å². The summed E-state index contributed by atoms with van der Waals surface area (Å²) in [6, 6.07) is 2.91. The maximum Gasteiger partial charge on any atom is 0.418 e. The topological polar surface area (TPSA) is 72.2 Å². The molecule has 0 aliphatic heterocycles. The van der Waals surface area contributed by atoms with Gasteiger partial charge < -0.3 is 5.73 Å². The number of rotatable bonds is 4. The molecule has 0 aliphatic carbocycles. The van der Waals surface area contributed by atoms with Gasteiger partial charge in [-0.2, -0.15) is 13.2 Å². The molecule has 0 atom stereocenters. The summed E-state index contributed by atoms with van der Waals surface area (Å²) in [7, 11) is -4.14. The first-order chi connectivity index (χ1) is 8.53. The Kier molecular flexibility index (Phi) is 4.64. The summed E-state index contributed by atoms with van der Waals surface area (Å²) in [4.78, 5) is -0.367. The van der Waals surface area contributed by atoms with E-state index in [9.17, 15) is 21.6 Å². The largest absolute Gasteiger partial charge is 0.418 e. The molecule has 4 nitrogen and oxygen atoms in total. The van der Waals surface area contributed by atoms with Gasteiger partial charge >= 0.3 is 6.18 Å². The molecule has 1 aromatic rings. The van der Waals surface area contributed by atoms with E-state index in [-0.39, 0.29) is 10.0 Å². The average Bonchev–Trinajstić information content (AvgIpc) is 2.16. The predicted molar refractivity (Wildman–Crippen MR) is 70.6 cm³/mol. The van der Waals surface area contributed by atoms with Gasteiger partial charge in [0.15, 0.2) is 0 Å². The van der Waals surface area contributed by atoms with Gasteiger partial charge in [0.2, 0.25) is 10.0 Å². The molecule has 10 heteroatoms. The van der Waals surface area contributed by atoms with Crippen LogP contribution in [-0.2, 0) is 16.2 Å². The minimum absolute atomic E-state index is 0.367. The van der Waals surface area contributed by atoms with Crippen molar-refractivity contribution in [3.63, 3.8) is 0 Å². The number of hydrogen-bond donors (Lipinski definition) is 2. The average molecular weight is 333 g/mol. The number of para-hydroxylation sites is 1. The monoisotopic (exact) mass is 332 g/mol. The fourth-order valence-corrected chi connectivity index (χ4v) is 2.96. The molecule has 106 valence electrons. The number of alkyl halides is 3. The Balaban J connectivity index is 3.25. The minimum atomic E-state index is -4.74. The van der Waals surface area contributed by atoms with Gasteiger partial charge in [0.25, 0.3) is 0 Å². The highest BCUT2D eigenvalue weighted by atomic mass is 35.5. The number of nitrogens with one attached hydrogen (secondary N) is 1. The van der Waals surface area contributed by atoms with Crippen molar-refractivity contribution < 1.29 is 21.6 Å². The van der Waals surface area contributed by atoms with Crippen molar-refractivity contribution in [2.75, 3.05) is 10.5 Å². The van der Waals surface area contributed by atoms with Crippen LogP contribution < -0.4 is 10.5 Å². The van der Waals surface area contributed by atoms with E-state index >= 15 is 0 Å². The third-order valence-electron chi connectivity index (χ3n) is 1.91. The molecule has 0 amide bonds. The van der Waals surface area contributed by atoms with E-state index in [0.717, 1.165) is 12.1 Å². The first-order valence-corrected chi connectivity index (χ1v) is 7.11. The number of benzene rings is 1.